The van der Waals surface area contributed by atoms with E-state index in [0.717, 1.165) is 28.5 Å². The fourth-order valence-corrected chi connectivity index (χ4v) is 4.14. The lowest BCUT2D eigenvalue weighted by Crippen LogP contribution is -2.38. The number of fused-ring (bicyclic) bond motifs is 1. The standard InChI is InChI=1S/C25H24F3N3O4/c1-14-19(11-30-25(33)22-6-3-16(35-22)13-34-2)17-7-8-31(12-15(17)10-29-14)23(32)9-18-20(26)4-5-21(27)24(18)28/h3-6,10H,7-9,11-13H2,1-2H3,(H,30,33). The molecule has 0 bridgehead atoms. The smallest absolute Gasteiger partial charge is 0.287 e. The van der Waals surface area contributed by atoms with Crippen molar-refractivity contribution >= 4 is 11.8 Å². The highest BCUT2D eigenvalue weighted by Gasteiger charge is 2.26. The molecule has 3 aromatic rings. The Morgan fingerprint density at radius 3 is 2.69 bits per heavy atom. The molecule has 4 rings (SSSR count). The summed E-state index contributed by atoms with van der Waals surface area (Å²) in [5.41, 5.74) is 2.74. The van der Waals surface area contributed by atoms with Gasteiger partial charge in [-0.15, -0.1) is 0 Å². The second-order valence-electron chi connectivity index (χ2n) is 8.27. The first-order valence-electron chi connectivity index (χ1n) is 11.0. The molecule has 0 aliphatic carbocycles. The Balaban J connectivity index is 1.45. The van der Waals surface area contributed by atoms with Gasteiger partial charge in [0, 0.05) is 44.2 Å². The molecule has 2 amide bonds. The maximum Gasteiger partial charge on any atom is 0.287 e. The average molecular weight is 487 g/mol. The van der Waals surface area contributed by atoms with Crippen molar-refractivity contribution in [2.24, 2.45) is 0 Å². The summed E-state index contributed by atoms with van der Waals surface area (Å²) in [5, 5.41) is 2.83. The lowest BCUT2D eigenvalue weighted by molar-refractivity contribution is -0.131. The van der Waals surface area contributed by atoms with Crippen LogP contribution < -0.4 is 5.32 Å². The zero-order valence-electron chi connectivity index (χ0n) is 19.3. The number of carbonyl (C=O) groups is 2. The summed E-state index contributed by atoms with van der Waals surface area (Å²) in [6.07, 6.45) is 1.55. The van der Waals surface area contributed by atoms with Crippen LogP contribution in [-0.4, -0.2) is 35.4 Å². The second kappa shape index (κ2) is 10.3. The Hall–Kier alpha value is -3.66. The van der Waals surface area contributed by atoms with Gasteiger partial charge in [0.25, 0.3) is 5.91 Å². The van der Waals surface area contributed by atoms with Gasteiger partial charge < -0.3 is 19.4 Å². The van der Waals surface area contributed by atoms with E-state index in [2.05, 4.69) is 10.3 Å². The van der Waals surface area contributed by atoms with Crippen LogP contribution in [0.1, 0.15) is 44.3 Å². The van der Waals surface area contributed by atoms with Crippen molar-refractivity contribution in [3.63, 3.8) is 0 Å². The molecule has 7 nitrogen and oxygen atoms in total. The average Bonchev–Trinajstić information content (AvgIpc) is 3.32. The number of carbonyl (C=O) groups excluding carboxylic acids is 2. The topological polar surface area (TPSA) is 84.7 Å². The van der Waals surface area contributed by atoms with Crippen LogP contribution in [0, 0.1) is 24.4 Å². The summed E-state index contributed by atoms with van der Waals surface area (Å²) in [5.74, 6) is -3.70. The predicted molar refractivity (Wildman–Crippen MR) is 119 cm³/mol. The van der Waals surface area contributed by atoms with Crippen LogP contribution in [0.25, 0.3) is 0 Å². The first kappa shape index (κ1) is 24.5. The monoisotopic (exact) mass is 487 g/mol. The van der Waals surface area contributed by atoms with Gasteiger partial charge >= 0.3 is 0 Å². The van der Waals surface area contributed by atoms with Crippen molar-refractivity contribution in [3.8, 4) is 0 Å². The first-order chi connectivity index (χ1) is 16.8. The van der Waals surface area contributed by atoms with Crippen LogP contribution in [0.3, 0.4) is 0 Å². The highest BCUT2D eigenvalue weighted by atomic mass is 19.2. The van der Waals surface area contributed by atoms with Crippen LogP contribution in [-0.2, 0) is 42.1 Å². The van der Waals surface area contributed by atoms with E-state index in [1.165, 1.54) is 12.0 Å². The Labute approximate surface area is 199 Å². The number of halogens is 3. The normalized spacial score (nSPS) is 13.0. The quantitative estimate of drug-likeness (QED) is 0.515. The Morgan fingerprint density at radius 2 is 1.91 bits per heavy atom. The molecule has 184 valence electrons. The van der Waals surface area contributed by atoms with Crippen molar-refractivity contribution in [2.75, 3.05) is 13.7 Å². The van der Waals surface area contributed by atoms with E-state index in [1.807, 2.05) is 6.92 Å². The summed E-state index contributed by atoms with van der Waals surface area (Å²) in [7, 11) is 1.53. The summed E-state index contributed by atoms with van der Waals surface area (Å²) < 4.78 is 51.9. The molecule has 0 radical (unpaired) electrons. The van der Waals surface area contributed by atoms with Crippen LogP contribution in [0.4, 0.5) is 13.2 Å². The first-order valence-corrected chi connectivity index (χ1v) is 11.0. The molecule has 10 heteroatoms. The highest BCUT2D eigenvalue weighted by molar-refractivity contribution is 5.91. The lowest BCUT2D eigenvalue weighted by atomic mass is 9.94. The molecule has 1 aliphatic heterocycles. The molecule has 0 fully saturated rings. The van der Waals surface area contributed by atoms with E-state index in [-0.39, 0.29) is 31.4 Å². The number of hydrogen-bond acceptors (Lipinski definition) is 5. The van der Waals surface area contributed by atoms with Crippen LogP contribution in [0.5, 0.6) is 0 Å². The minimum absolute atomic E-state index is 0.168. The van der Waals surface area contributed by atoms with Gasteiger partial charge in [0.2, 0.25) is 5.91 Å². The Kier molecular flexibility index (Phi) is 7.20. The van der Waals surface area contributed by atoms with E-state index in [0.29, 0.717) is 24.8 Å². The van der Waals surface area contributed by atoms with Gasteiger partial charge in [0.05, 0.1) is 6.42 Å². The molecule has 1 N–H and O–H groups in total. The second-order valence-corrected chi connectivity index (χ2v) is 8.27. The minimum atomic E-state index is -1.35. The molecule has 0 atom stereocenters. The Bertz CT molecular complexity index is 1280. The number of furan rings is 1. The van der Waals surface area contributed by atoms with Crippen molar-refractivity contribution < 1.29 is 31.9 Å². The number of aromatic nitrogens is 1. The van der Waals surface area contributed by atoms with E-state index in [1.54, 1.807) is 18.3 Å². The molecule has 2 aromatic heterocycles. The van der Waals surface area contributed by atoms with Crippen LogP contribution >= 0.6 is 0 Å². The number of ether oxygens (including phenoxy) is 1. The van der Waals surface area contributed by atoms with E-state index < -0.39 is 35.3 Å². The SMILES string of the molecule is COCc1ccc(C(=O)NCc2c(C)ncc3c2CCN(C(=O)Cc2c(F)ccc(F)c2F)C3)o1. The summed E-state index contributed by atoms with van der Waals surface area (Å²) >= 11 is 0. The maximum absolute atomic E-state index is 14.0. The summed E-state index contributed by atoms with van der Waals surface area (Å²) in [4.78, 5) is 31.1. The number of aryl methyl sites for hydroxylation is 1. The van der Waals surface area contributed by atoms with Gasteiger partial charge in [0.1, 0.15) is 18.2 Å². The third kappa shape index (κ3) is 5.22. The van der Waals surface area contributed by atoms with Crippen molar-refractivity contribution in [1.29, 1.82) is 0 Å². The summed E-state index contributed by atoms with van der Waals surface area (Å²) in [6, 6.07) is 4.74. The minimum Gasteiger partial charge on any atom is -0.453 e. The van der Waals surface area contributed by atoms with Crippen molar-refractivity contribution in [2.45, 2.75) is 39.5 Å². The fourth-order valence-electron chi connectivity index (χ4n) is 4.14. The number of nitrogens with zero attached hydrogens (tertiary/aromatic N) is 2. The summed E-state index contributed by atoms with van der Waals surface area (Å²) in [6.45, 7) is 2.82. The molecular weight excluding hydrogens is 463 g/mol. The molecule has 0 spiro atoms. The number of rotatable bonds is 7. The van der Waals surface area contributed by atoms with E-state index >= 15 is 0 Å². The molecule has 1 aliphatic rings. The molecular formula is C25H24F3N3O4. The maximum atomic E-state index is 14.0. The molecule has 0 unspecified atom stereocenters. The zero-order chi connectivity index (χ0) is 25.1. The van der Waals surface area contributed by atoms with Crippen LogP contribution in [0.2, 0.25) is 0 Å². The Morgan fingerprint density at radius 1 is 1.14 bits per heavy atom. The number of pyridine rings is 1. The van der Waals surface area contributed by atoms with Gasteiger partial charge in [0.15, 0.2) is 17.4 Å². The predicted octanol–water partition coefficient (Wildman–Crippen LogP) is 3.60. The third-order valence-electron chi connectivity index (χ3n) is 6.01. The van der Waals surface area contributed by atoms with E-state index in [9.17, 15) is 22.8 Å². The fraction of sp³-hybridized carbons (Fsp3) is 0.320. The number of benzene rings is 1. The zero-order valence-corrected chi connectivity index (χ0v) is 19.3. The molecule has 0 saturated heterocycles. The lowest BCUT2D eigenvalue weighted by Gasteiger charge is -2.30. The third-order valence-corrected chi connectivity index (χ3v) is 6.01. The van der Waals surface area contributed by atoms with Gasteiger partial charge in [-0.25, -0.2) is 13.2 Å². The number of nitrogens with one attached hydrogen (secondary N) is 1. The van der Waals surface area contributed by atoms with Gasteiger partial charge in [-0.05, 0) is 54.3 Å². The van der Waals surface area contributed by atoms with Crippen molar-refractivity contribution in [3.05, 3.63) is 87.4 Å². The number of hydrogen-bond donors (Lipinski definition) is 1. The largest absolute Gasteiger partial charge is 0.453 e. The molecule has 0 saturated carbocycles. The van der Waals surface area contributed by atoms with Gasteiger partial charge in [-0.2, -0.15) is 0 Å². The highest BCUT2D eigenvalue weighted by Crippen LogP contribution is 2.25. The molecule has 3 heterocycles. The van der Waals surface area contributed by atoms with Crippen molar-refractivity contribution in [1.82, 2.24) is 15.2 Å². The van der Waals surface area contributed by atoms with Crippen LogP contribution in [0.15, 0.2) is 34.9 Å². The van der Waals surface area contributed by atoms with Gasteiger partial charge in [-0.3, -0.25) is 14.6 Å². The molecule has 35 heavy (non-hydrogen) atoms. The van der Waals surface area contributed by atoms with E-state index in [4.69, 9.17) is 9.15 Å². The molecule has 1 aromatic carbocycles. The van der Waals surface area contributed by atoms with Gasteiger partial charge in [-0.1, -0.05) is 0 Å². The number of methoxy groups -OCH3 is 1. The number of amides is 2.